The van der Waals surface area contributed by atoms with Crippen LogP contribution >= 0.6 is 0 Å². The number of aromatic nitrogens is 1. The quantitative estimate of drug-likeness (QED) is 0.527. The molecular formula is C17H13FN2OSe. The van der Waals surface area contributed by atoms with E-state index in [0.717, 1.165) is 15.6 Å². The van der Waals surface area contributed by atoms with Gasteiger partial charge in [-0.25, -0.2) is 0 Å². The second-order valence-corrected chi connectivity index (χ2v) is 6.87. The summed E-state index contributed by atoms with van der Waals surface area (Å²) in [6, 6.07) is 14.3. The number of hydrogen-bond acceptors (Lipinski definition) is 2. The number of halogens is 1. The number of anilines is 2. The number of carbonyl (C=O) groups is 1. The van der Waals surface area contributed by atoms with Crippen molar-refractivity contribution in [2.75, 3.05) is 4.90 Å². The van der Waals surface area contributed by atoms with Gasteiger partial charge in [0, 0.05) is 0 Å². The van der Waals surface area contributed by atoms with Crippen molar-refractivity contribution in [3.8, 4) is 10.0 Å². The van der Waals surface area contributed by atoms with Gasteiger partial charge >= 0.3 is 133 Å². The Morgan fingerprint density at radius 3 is 2.59 bits per heavy atom. The molecular weight excluding hydrogens is 346 g/mol. The fraction of sp³-hybridized carbons (Fsp3) is 0.0588. The van der Waals surface area contributed by atoms with Crippen LogP contribution in [0.2, 0.25) is 0 Å². The van der Waals surface area contributed by atoms with Gasteiger partial charge in [0.1, 0.15) is 0 Å². The van der Waals surface area contributed by atoms with Crippen LogP contribution in [0.4, 0.5) is 14.8 Å². The van der Waals surface area contributed by atoms with Gasteiger partial charge in [-0.2, -0.15) is 0 Å². The molecule has 0 bridgehead atoms. The Labute approximate surface area is 133 Å². The first kappa shape index (κ1) is 14.7. The SMILES string of the molecule is Cc1ccccc1-c1cnc(N(C=O)c2ccccc2F)[se]1. The zero-order valence-electron chi connectivity index (χ0n) is 11.9. The fourth-order valence-electron chi connectivity index (χ4n) is 2.20. The summed E-state index contributed by atoms with van der Waals surface area (Å²) in [6.07, 6.45) is 2.39. The molecule has 0 aliphatic heterocycles. The van der Waals surface area contributed by atoms with E-state index < -0.39 is 5.82 Å². The monoisotopic (exact) mass is 360 g/mol. The summed E-state index contributed by atoms with van der Waals surface area (Å²) in [7, 11) is 0. The Morgan fingerprint density at radius 1 is 1.14 bits per heavy atom. The molecule has 5 heteroatoms. The third kappa shape index (κ3) is 2.73. The average molecular weight is 359 g/mol. The van der Waals surface area contributed by atoms with E-state index in [1.807, 2.05) is 31.2 Å². The molecule has 0 spiro atoms. The number of rotatable bonds is 4. The molecule has 0 fully saturated rings. The van der Waals surface area contributed by atoms with Crippen LogP contribution in [0.3, 0.4) is 0 Å². The average Bonchev–Trinajstić information content (AvgIpc) is 3.00. The van der Waals surface area contributed by atoms with E-state index >= 15 is 0 Å². The van der Waals surface area contributed by atoms with E-state index in [9.17, 15) is 9.18 Å². The molecule has 0 saturated heterocycles. The van der Waals surface area contributed by atoms with Crippen LogP contribution in [0.5, 0.6) is 0 Å². The molecule has 0 N–H and O–H groups in total. The summed E-state index contributed by atoms with van der Waals surface area (Å²) >= 11 is -0.144. The van der Waals surface area contributed by atoms with Crippen LogP contribution in [0, 0.1) is 12.7 Å². The first-order chi connectivity index (χ1) is 10.7. The third-order valence-corrected chi connectivity index (χ3v) is 5.49. The number of hydrogen-bond donors (Lipinski definition) is 0. The molecule has 1 heterocycles. The maximum atomic E-state index is 13.9. The molecule has 0 aliphatic carbocycles. The maximum absolute atomic E-state index is 13.9. The molecule has 0 atom stereocenters. The summed E-state index contributed by atoms with van der Waals surface area (Å²) in [4.78, 5) is 17.0. The van der Waals surface area contributed by atoms with E-state index in [1.165, 1.54) is 11.0 Å². The molecule has 0 radical (unpaired) electrons. The summed E-state index contributed by atoms with van der Waals surface area (Å²) < 4.78 is 15.6. The van der Waals surface area contributed by atoms with Crippen LogP contribution in [0.25, 0.3) is 10.0 Å². The van der Waals surface area contributed by atoms with Gasteiger partial charge in [0.2, 0.25) is 0 Å². The first-order valence-electron chi connectivity index (χ1n) is 6.71. The van der Waals surface area contributed by atoms with Crippen molar-refractivity contribution in [3.05, 3.63) is 66.1 Å². The van der Waals surface area contributed by atoms with E-state index in [1.54, 1.807) is 24.4 Å². The molecule has 2 aromatic carbocycles. The number of aryl methyl sites for hydroxylation is 1. The van der Waals surface area contributed by atoms with E-state index in [2.05, 4.69) is 4.98 Å². The topological polar surface area (TPSA) is 33.2 Å². The Kier molecular flexibility index (Phi) is 4.18. The van der Waals surface area contributed by atoms with Crippen molar-refractivity contribution in [1.82, 2.24) is 4.98 Å². The van der Waals surface area contributed by atoms with Crippen molar-refractivity contribution < 1.29 is 9.18 Å². The molecule has 22 heavy (non-hydrogen) atoms. The fourth-order valence-corrected chi connectivity index (χ4v) is 4.27. The van der Waals surface area contributed by atoms with Crippen LogP contribution in [-0.4, -0.2) is 25.9 Å². The van der Waals surface area contributed by atoms with Crippen LogP contribution in [0.15, 0.2) is 54.7 Å². The summed E-state index contributed by atoms with van der Waals surface area (Å²) in [6.45, 7) is 2.04. The van der Waals surface area contributed by atoms with Crippen LogP contribution in [0.1, 0.15) is 5.56 Å². The van der Waals surface area contributed by atoms with Gasteiger partial charge in [0.05, 0.1) is 0 Å². The molecule has 1 aromatic heterocycles. The zero-order valence-corrected chi connectivity index (χ0v) is 13.6. The van der Waals surface area contributed by atoms with Gasteiger partial charge in [0.15, 0.2) is 0 Å². The van der Waals surface area contributed by atoms with Gasteiger partial charge in [-0.1, -0.05) is 0 Å². The molecule has 0 unspecified atom stereocenters. The van der Waals surface area contributed by atoms with E-state index in [-0.39, 0.29) is 20.2 Å². The van der Waals surface area contributed by atoms with E-state index in [4.69, 9.17) is 0 Å². The van der Waals surface area contributed by atoms with Crippen molar-refractivity contribution in [2.45, 2.75) is 6.92 Å². The molecule has 0 aliphatic rings. The number of para-hydroxylation sites is 1. The van der Waals surface area contributed by atoms with Gasteiger partial charge in [-0.15, -0.1) is 0 Å². The van der Waals surface area contributed by atoms with E-state index in [0.29, 0.717) is 11.1 Å². The molecule has 3 nitrogen and oxygen atoms in total. The second-order valence-electron chi connectivity index (χ2n) is 4.75. The predicted octanol–water partition coefficient (Wildman–Crippen LogP) is 3.55. The predicted molar refractivity (Wildman–Crippen MR) is 86.0 cm³/mol. The van der Waals surface area contributed by atoms with Crippen LogP contribution < -0.4 is 4.90 Å². The normalized spacial score (nSPS) is 10.5. The molecule has 3 rings (SSSR count). The summed E-state index contributed by atoms with van der Waals surface area (Å²) in [5.41, 5.74) is 2.52. The Bertz CT molecular complexity index is 816. The number of carbonyl (C=O) groups excluding carboxylic acids is 1. The second kappa shape index (κ2) is 6.26. The zero-order chi connectivity index (χ0) is 15.5. The number of benzene rings is 2. The van der Waals surface area contributed by atoms with Crippen molar-refractivity contribution >= 4 is 31.3 Å². The van der Waals surface area contributed by atoms with Crippen molar-refractivity contribution in [1.29, 1.82) is 0 Å². The Balaban J connectivity index is 2.01. The first-order valence-corrected chi connectivity index (χ1v) is 8.43. The van der Waals surface area contributed by atoms with Crippen molar-refractivity contribution in [2.24, 2.45) is 0 Å². The van der Waals surface area contributed by atoms with Gasteiger partial charge in [0.25, 0.3) is 0 Å². The number of nitrogens with zero attached hydrogens (tertiary/aromatic N) is 2. The Hall–Kier alpha value is -2.23. The standard InChI is InChI=1S/C17H13FN2OSe/c1-12-6-2-3-7-13(12)16-10-19-17(22-16)20(11-21)15-9-5-4-8-14(15)18/h2-11H,1H3. The van der Waals surface area contributed by atoms with Gasteiger partial charge < -0.3 is 0 Å². The van der Waals surface area contributed by atoms with Crippen molar-refractivity contribution in [3.63, 3.8) is 0 Å². The van der Waals surface area contributed by atoms with Gasteiger partial charge in [-0.05, 0) is 0 Å². The molecule has 0 saturated carbocycles. The van der Waals surface area contributed by atoms with Crippen LogP contribution in [-0.2, 0) is 4.79 Å². The Morgan fingerprint density at radius 2 is 1.86 bits per heavy atom. The third-order valence-electron chi connectivity index (χ3n) is 3.33. The minimum absolute atomic E-state index is 0.144. The molecule has 1 amide bonds. The minimum atomic E-state index is -0.433. The summed E-state index contributed by atoms with van der Waals surface area (Å²) in [5.74, 6) is -0.433. The number of amides is 1. The molecule has 110 valence electrons. The summed E-state index contributed by atoms with van der Waals surface area (Å²) in [5, 5.41) is 0. The van der Waals surface area contributed by atoms with Gasteiger partial charge in [-0.3, -0.25) is 0 Å². The molecule has 3 aromatic rings.